The molecule has 0 spiro atoms. The fourth-order valence-corrected chi connectivity index (χ4v) is 6.53. The molecule has 0 unspecified atom stereocenters. The van der Waals surface area contributed by atoms with Crippen LogP contribution in [0.5, 0.6) is 0 Å². The van der Waals surface area contributed by atoms with Crippen LogP contribution in [0, 0.1) is 12.8 Å². The van der Waals surface area contributed by atoms with Crippen molar-refractivity contribution in [1.82, 2.24) is 9.21 Å². The Morgan fingerprint density at radius 3 is 2.75 bits per heavy atom. The summed E-state index contributed by atoms with van der Waals surface area (Å²) in [6, 6.07) is 1.87. The summed E-state index contributed by atoms with van der Waals surface area (Å²) in [5, 5.41) is 1.86. The summed E-state index contributed by atoms with van der Waals surface area (Å²) in [4.78, 5) is 14.0. The van der Waals surface area contributed by atoms with Crippen molar-refractivity contribution in [3.63, 3.8) is 0 Å². The van der Waals surface area contributed by atoms with Crippen LogP contribution in [0.3, 0.4) is 0 Å². The monoisotopic (exact) mass is 393 g/mol. The molecular formula is C15H24ClN3O3S2. The second-order valence-corrected chi connectivity index (χ2v) is 9.41. The second kappa shape index (κ2) is 7.70. The Morgan fingerprint density at radius 2 is 2.12 bits per heavy atom. The maximum absolute atomic E-state index is 12.8. The van der Waals surface area contributed by atoms with Gasteiger partial charge in [-0.05, 0) is 42.7 Å². The van der Waals surface area contributed by atoms with E-state index in [1.165, 1.54) is 11.3 Å². The molecule has 1 aromatic rings. The maximum atomic E-state index is 12.8. The zero-order valence-electron chi connectivity index (χ0n) is 13.7. The molecule has 2 atom stereocenters. The molecule has 1 aromatic heterocycles. The van der Waals surface area contributed by atoms with Crippen LogP contribution >= 0.6 is 23.7 Å². The van der Waals surface area contributed by atoms with Gasteiger partial charge in [0, 0.05) is 38.6 Å². The first-order chi connectivity index (χ1) is 10.9. The first-order valence-electron chi connectivity index (χ1n) is 7.98. The van der Waals surface area contributed by atoms with Crippen molar-refractivity contribution in [2.24, 2.45) is 11.7 Å². The number of hydrogen-bond acceptors (Lipinski definition) is 5. The normalized spacial score (nSPS) is 25.2. The molecule has 2 aliphatic heterocycles. The van der Waals surface area contributed by atoms with E-state index in [1.807, 2.05) is 17.2 Å². The molecule has 0 saturated carbocycles. The molecule has 1 amide bonds. The highest BCUT2D eigenvalue weighted by molar-refractivity contribution is 7.91. The van der Waals surface area contributed by atoms with Crippen molar-refractivity contribution in [3.05, 3.63) is 17.0 Å². The zero-order valence-corrected chi connectivity index (χ0v) is 16.1. The van der Waals surface area contributed by atoms with Crippen molar-refractivity contribution in [3.8, 4) is 0 Å². The number of thiophene rings is 1. The standard InChI is InChI=1S/C15H23N3O3S2.ClH/c1-11-8-15(22-10-11)23(20,21)17-6-4-13-12(9-17)2-3-14(19)18(13)7-5-16;/h8,10,12-13H,2-7,9,16H2,1H3;1H/t12-,13+;/m0./s1. The van der Waals surface area contributed by atoms with Crippen LogP contribution in [0.1, 0.15) is 24.8 Å². The minimum atomic E-state index is -3.41. The third-order valence-corrected chi connectivity index (χ3v) is 8.18. The lowest BCUT2D eigenvalue weighted by Gasteiger charge is -2.46. The Morgan fingerprint density at radius 1 is 1.38 bits per heavy atom. The number of fused-ring (bicyclic) bond motifs is 1. The number of amides is 1. The van der Waals surface area contributed by atoms with E-state index >= 15 is 0 Å². The fourth-order valence-electron chi connectivity index (χ4n) is 3.63. The van der Waals surface area contributed by atoms with Crippen LogP contribution in [0.2, 0.25) is 0 Å². The minimum absolute atomic E-state index is 0. The summed E-state index contributed by atoms with van der Waals surface area (Å²) in [6.07, 6.45) is 1.95. The quantitative estimate of drug-likeness (QED) is 0.838. The van der Waals surface area contributed by atoms with Gasteiger partial charge < -0.3 is 10.6 Å². The number of carbonyl (C=O) groups excluding carboxylic acids is 1. The van der Waals surface area contributed by atoms with Gasteiger partial charge in [0.2, 0.25) is 5.91 Å². The number of sulfonamides is 1. The van der Waals surface area contributed by atoms with Crippen LogP contribution in [0.25, 0.3) is 0 Å². The highest BCUT2D eigenvalue weighted by atomic mass is 35.5. The van der Waals surface area contributed by atoms with Gasteiger partial charge in [0.25, 0.3) is 10.0 Å². The third kappa shape index (κ3) is 3.62. The molecule has 2 N–H and O–H groups in total. The second-order valence-electron chi connectivity index (χ2n) is 6.34. The SMILES string of the molecule is Cc1csc(S(=O)(=O)N2CC[C@@H]3[C@@H](CCC(=O)N3CCN)C2)c1.Cl. The Labute approximate surface area is 153 Å². The molecule has 2 fully saturated rings. The molecule has 0 aromatic carbocycles. The average Bonchev–Trinajstić information content (AvgIpc) is 2.97. The number of likely N-dealkylation sites (tertiary alicyclic amines) is 1. The largest absolute Gasteiger partial charge is 0.338 e. The van der Waals surface area contributed by atoms with Crippen molar-refractivity contribution in [1.29, 1.82) is 0 Å². The van der Waals surface area contributed by atoms with Gasteiger partial charge in [0.1, 0.15) is 4.21 Å². The van der Waals surface area contributed by atoms with Gasteiger partial charge in [-0.1, -0.05) is 0 Å². The van der Waals surface area contributed by atoms with Crippen molar-refractivity contribution < 1.29 is 13.2 Å². The fraction of sp³-hybridized carbons (Fsp3) is 0.667. The van der Waals surface area contributed by atoms with Gasteiger partial charge in [-0.2, -0.15) is 4.31 Å². The highest BCUT2D eigenvalue weighted by Gasteiger charge is 2.42. The van der Waals surface area contributed by atoms with E-state index in [0.29, 0.717) is 43.2 Å². The predicted octanol–water partition coefficient (Wildman–Crippen LogP) is 1.44. The number of nitrogens with zero attached hydrogens (tertiary/aromatic N) is 2. The molecule has 3 rings (SSSR count). The number of rotatable bonds is 4. The molecule has 136 valence electrons. The number of nitrogens with two attached hydrogens (primary N) is 1. The van der Waals surface area contributed by atoms with Crippen molar-refractivity contribution in [2.75, 3.05) is 26.2 Å². The van der Waals surface area contributed by atoms with E-state index in [2.05, 4.69) is 0 Å². The zero-order chi connectivity index (χ0) is 16.6. The minimum Gasteiger partial charge on any atom is -0.338 e. The van der Waals surface area contributed by atoms with Crippen LogP contribution in [0.4, 0.5) is 0 Å². The molecule has 0 aliphatic carbocycles. The van der Waals surface area contributed by atoms with Crippen LogP contribution < -0.4 is 5.73 Å². The van der Waals surface area contributed by atoms with E-state index in [9.17, 15) is 13.2 Å². The van der Waals surface area contributed by atoms with Crippen molar-refractivity contribution >= 4 is 39.7 Å². The number of hydrogen-bond donors (Lipinski definition) is 1. The molecular weight excluding hydrogens is 370 g/mol. The molecule has 3 heterocycles. The number of halogens is 1. The van der Waals surface area contributed by atoms with Crippen LogP contribution in [-0.4, -0.2) is 55.8 Å². The smallest absolute Gasteiger partial charge is 0.252 e. The lowest BCUT2D eigenvalue weighted by atomic mass is 9.84. The highest BCUT2D eigenvalue weighted by Crippen LogP contribution is 2.34. The molecule has 2 aliphatic rings. The van der Waals surface area contributed by atoms with Crippen LogP contribution in [0.15, 0.2) is 15.7 Å². The summed E-state index contributed by atoms with van der Waals surface area (Å²) < 4.78 is 27.6. The Bertz CT molecular complexity index is 692. The Balaban J connectivity index is 0.00000208. The summed E-state index contributed by atoms with van der Waals surface area (Å²) >= 11 is 1.28. The molecule has 0 bridgehead atoms. The average molecular weight is 394 g/mol. The van der Waals surface area contributed by atoms with E-state index in [-0.39, 0.29) is 30.3 Å². The van der Waals surface area contributed by atoms with Gasteiger partial charge in [-0.15, -0.1) is 23.7 Å². The topological polar surface area (TPSA) is 83.7 Å². The number of piperidine rings is 2. The first kappa shape index (κ1) is 19.7. The van der Waals surface area contributed by atoms with Gasteiger partial charge in [0.15, 0.2) is 0 Å². The lowest BCUT2D eigenvalue weighted by molar-refractivity contribution is -0.140. The summed E-state index contributed by atoms with van der Waals surface area (Å²) in [5.41, 5.74) is 6.59. The van der Waals surface area contributed by atoms with Crippen molar-refractivity contribution in [2.45, 2.75) is 36.4 Å². The Kier molecular flexibility index (Phi) is 6.30. The van der Waals surface area contributed by atoms with E-state index < -0.39 is 10.0 Å². The van der Waals surface area contributed by atoms with E-state index in [4.69, 9.17) is 5.73 Å². The molecule has 24 heavy (non-hydrogen) atoms. The molecule has 0 radical (unpaired) electrons. The molecule has 9 heteroatoms. The summed E-state index contributed by atoms with van der Waals surface area (Å²) in [5.74, 6) is 0.366. The van der Waals surface area contributed by atoms with E-state index in [1.54, 1.807) is 10.4 Å². The summed E-state index contributed by atoms with van der Waals surface area (Å²) in [7, 11) is -3.41. The maximum Gasteiger partial charge on any atom is 0.252 e. The van der Waals surface area contributed by atoms with Gasteiger partial charge in [-0.3, -0.25) is 4.79 Å². The van der Waals surface area contributed by atoms with Gasteiger partial charge in [0.05, 0.1) is 0 Å². The molecule has 6 nitrogen and oxygen atoms in total. The number of carbonyl (C=O) groups is 1. The van der Waals surface area contributed by atoms with Crippen LogP contribution in [-0.2, 0) is 14.8 Å². The summed E-state index contributed by atoms with van der Waals surface area (Å²) in [6.45, 7) is 3.88. The number of aryl methyl sites for hydroxylation is 1. The van der Waals surface area contributed by atoms with Gasteiger partial charge >= 0.3 is 0 Å². The third-order valence-electron chi connectivity index (χ3n) is 4.78. The Hall–Kier alpha value is -0.670. The van der Waals surface area contributed by atoms with Gasteiger partial charge in [-0.25, -0.2) is 8.42 Å². The lowest BCUT2D eigenvalue weighted by Crippen LogP contribution is -2.57. The predicted molar refractivity (Wildman–Crippen MR) is 97.0 cm³/mol. The first-order valence-corrected chi connectivity index (χ1v) is 10.3. The molecule has 2 saturated heterocycles. The van der Waals surface area contributed by atoms with E-state index in [0.717, 1.165) is 12.0 Å².